The van der Waals surface area contributed by atoms with Gasteiger partial charge in [-0.2, -0.15) is 0 Å². The second-order valence-corrected chi connectivity index (χ2v) is 1.95. The molecule has 1 aromatic rings. The summed E-state index contributed by atoms with van der Waals surface area (Å²) in [5.74, 6) is 0.870. The Hall–Kier alpha value is -0.980. The molecule has 0 aromatic heterocycles. The van der Waals surface area contributed by atoms with Gasteiger partial charge in [-0.1, -0.05) is 6.07 Å². The fourth-order valence-electron chi connectivity index (χ4n) is 0.681. The first-order valence-electron chi connectivity index (χ1n) is 2.84. The van der Waals surface area contributed by atoms with E-state index in [9.17, 15) is 0 Å². The van der Waals surface area contributed by atoms with Gasteiger partial charge in [-0.05, 0) is 30.7 Å². The Balaban J connectivity index is 2.94. The van der Waals surface area contributed by atoms with Gasteiger partial charge in [-0.3, -0.25) is 0 Å². The van der Waals surface area contributed by atoms with Crippen LogP contribution in [0.1, 0.15) is 5.56 Å². The summed E-state index contributed by atoms with van der Waals surface area (Å²) in [5, 5.41) is 0. The van der Waals surface area contributed by atoms with E-state index in [2.05, 4.69) is 6.07 Å². The molecule has 1 rings (SSSR count). The highest BCUT2D eigenvalue weighted by molar-refractivity contribution is 5.26. The fourth-order valence-corrected chi connectivity index (χ4v) is 0.681. The number of methoxy groups -OCH3 is 1. The van der Waals surface area contributed by atoms with Crippen LogP contribution in [0.15, 0.2) is 18.2 Å². The monoisotopic (exact) mass is 121 g/mol. The van der Waals surface area contributed by atoms with Gasteiger partial charge in [-0.25, -0.2) is 0 Å². The molecule has 1 radical (unpaired) electrons. The van der Waals surface area contributed by atoms with Crippen molar-refractivity contribution >= 4 is 0 Å². The van der Waals surface area contributed by atoms with Crippen LogP contribution >= 0.6 is 0 Å². The summed E-state index contributed by atoms with van der Waals surface area (Å²) in [7, 11) is 1.66. The molecule has 0 aliphatic rings. The summed E-state index contributed by atoms with van der Waals surface area (Å²) in [6.45, 7) is 2.01. The Morgan fingerprint density at radius 2 is 2.22 bits per heavy atom. The number of aryl methyl sites for hydroxylation is 1. The van der Waals surface area contributed by atoms with Crippen molar-refractivity contribution in [3.8, 4) is 5.75 Å². The molecule has 0 unspecified atom stereocenters. The summed E-state index contributed by atoms with van der Waals surface area (Å²) >= 11 is 0. The largest absolute Gasteiger partial charge is 0.497 e. The minimum Gasteiger partial charge on any atom is -0.497 e. The van der Waals surface area contributed by atoms with E-state index in [1.165, 1.54) is 5.56 Å². The molecule has 1 aromatic carbocycles. The Kier molecular flexibility index (Phi) is 1.73. The third-order valence-corrected chi connectivity index (χ3v) is 1.14. The molecule has 0 aliphatic heterocycles. The third-order valence-electron chi connectivity index (χ3n) is 1.14. The summed E-state index contributed by atoms with van der Waals surface area (Å²) in [6, 6.07) is 8.66. The molecular weight excluding hydrogens is 112 g/mol. The molecule has 0 heterocycles. The first kappa shape index (κ1) is 6.14. The van der Waals surface area contributed by atoms with Gasteiger partial charge < -0.3 is 4.74 Å². The van der Waals surface area contributed by atoms with E-state index < -0.39 is 0 Å². The predicted molar refractivity (Wildman–Crippen MR) is 36.6 cm³/mol. The van der Waals surface area contributed by atoms with Gasteiger partial charge in [0.05, 0.1) is 7.11 Å². The van der Waals surface area contributed by atoms with Gasteiger partial charge in [0.25, 0.3) is 0 Å². The number of rotatable bonds is 1. The summed E-state index contributed by atoms with van der Waals surface area (Å²) in [5.41, 5.74) is 1.18. The highest BCUT2D eigenvalue weighted by Gasteiger charge is 1.87. The van der Waals surface area contributed by atoms with Gasteiger partial charge in [0.1, 0.15) is 5.75 Å². The second-order valence-electron chi connectivity index (χ2n) is 1.95. The Morgan fingerprint density at radius 3 is 2.67 bits per heavy atom. The van der Waals surface area contributed by atoms with Crippen LogP contribution in [0.4, 0.5) is 0 Å². The standard InChI is InChI=1S/C8H9O/c1-7-4-3-5-8(6-7)9-2/h4-6H,1-2H3. The van der Waals surface area contributed by atoms with Crippen LogP contribution in [0.5, 0.6) is 5.75 Å². The summed E-state index contributed by atoms with van der Waals surface area (Å²) in [6.07, 6.45) is 0. The van der Waals surface area contributed by atoms with Crippen LogP contribution in [0.25, 0.3) is 0 Å². The highest BCUT2D eigenvalue weighted by Crippen LogP contribution is 2.09. The van der Waals surface area contributed by atoms with Crippen molar-refractivity contribution in [1.29, 1.82) is 0 Å². The maximum absolute atomic E-state index is 4.96. The van der Waals surface area contributed by atoms with Crippen molar-refractivity contribution in [1.82, 2.24) is 0 Å². The normalized spacial score (nSPS) is 9.11. The highest BCUT2D eigenvalue weighted by atomic mass is 16.5. The second kappa shape index (κ2) is 2.53. The number of hydrogen-bond acceptors (Lipinski definition) is 1. The van der Waals surface area contributed by atoms with Crippen LogP contribution < -0.4 is 4.74 Å². The van der Waals surface area contributed by atoms with Crippen molar-refractivity contribution < 1.29 is 4.74 Å². The van der Waals surface area contributed by atoms with Crippen LogP contribution in [0.2, 0.25) is 0 Å². The van der Waals surface area contributed by atoms with Gasteiger partial charge in [0, 0.05) is 0 Å². The van der Waals surface area contributed by atoms with Crippen molar-refractivity contribution in [2.24, 2.45) is 0 Å². The molecule has 0 spiro atoms. The smallest absolute Gasteiger partial charge is 0.119 e. The molecule has 0 aliphatic carbocycles. The first-order chi connectivity index (χ1) is 4.33. The van der Waals surface area contributed by atoms with E-state index in [1.54, 1.807) is 7.11 Å². The molecule has 0 bridgehead atoms. The van der Waals surface area contributed by atoms with Gasteiger partial charge in [0.2, 0.25) is 0 Å². The lowest BCUT2D eigenvalue weighted by Gasteiger charge is -1.97. The SMILES string of the molecule is COc1c[c]cc(C)c1. The lowest BCUT2D eigenvalue weighted by Crippen LogP contribution is -1.81. The van der Waals surface area contributed by atoms with Crippen molar-refractivity contribution in [3.63, 3.8) is 0 Å². The maximum Gasteiger partial charge on any atom is 0.119 e. The van der Waals surface area contributed by atoms with E-state index in [4.69, 9.17) is 4.74 Å². The topological polar surface area (TPSA) is 9.23 Å². The van der Waals surface area contributed by atoms with Crippen LogP contribution in [0, 0.1) is 13.0 Å². The molecule has 1 heteroatoms. The molecule has 0 saturated heterocycles. The first-order valence-corrected chi connectivity index (χ1v) is 2.84. The van der Waals surface area contributed by atoms with Crippen molar-refractivity contribution in [2.45, 2.75) is 6.92 Å². The fraction of sp³-hybridized carbons (Fsp3) is 0.250. The van der Waals surface area contributed by atoms with E-state index in [0.29, 0.717) is 0 Å². The van der Waals surface area contributed by atoms with E-state index in [-0.39, 0.29) is 0 Å². The average molecular weight is 121 g/mol. The zero-order valence-corrected chi connectivity index (χ0v) is 5.64. The van der Waals surface area contributed by atoms with Gasteiger partial charge in [0.15, 0.2) is 0 Å². The molecule has 0 N–H and O–H groups in total. The molecule has 0 atom stereocenters. The maximum atomic E-state index is 4.96. The van der Waals surface area contributed by atoms with E-state index in [0.717, 1.165) is 5.75 Å². The molecule has 1 nitrogen and oxygen atoms in total. The van der Waals surface area contributed by atoms with Gasteiger partial charge in [-0.15, -0.1) is 0 Å². The zero-order chi connectivity index (χ0) is 6.69. The Morgan fingerprint density at radius 1 is 1.44 bits per heavy atom. The minimum atomic E-state index is 0.870. The van der Waals surface area contributed by atoms with Crippen LogP contribution in [-0.2, 0) is 0 Å². The lowest BCUT2D eigenvalue weighted by atomic mass is 10.2. The quantitative estimate of drug-likeness (QED) is 0.550. The Labute approximate surface area is 55.3 Å². The number of hydrogen-bond donors (Lipinski definition) is 0. The molecule has 0 saturated carbocycles. The average Bonchev–Trinajstić information content (AvgIpc) is 1.88. The van der Waals surface area contributed by atoms with Crippen LogP contribution in [0.3, 0.4) is 0 Å². The third kappa shape index (κ3) is 1.46. The molecule has 9 heavy (non-hydrogen) atoms. The van der Waals surface area contributed by atoms with Crippen molar-refractivity contribution in [2.75, 3.05) is 7.11 Å². The van der Waals surface area contributed by atoms with E-state index in [1.807, 2.05) is 25.1 Å². The summed E-state index contributed by atoms with van der Waals surface area (Å²) < 4.78 is 4.96. The number of ether oxygens (including phenoxy) is 1. The van der Waals surface area contributed by atoms with Gasteiger partial charge >= 0.3 is 0 Å². The molecule has 47 valence electrons. The Bertz CT molecular complexity index is 194. The van der Waals surface area contributed by atoms with Crippen molar-refractivity contribution in [3.05, 3.63) is 29.8 Å². The predicted octanol–water partition coefficient (Wildman–Crippen LogP) is 1.80. The molecule has 0 fully saturated rings. The molecular formula is C8H9O. The van der Waals surface area contributed by atoms with E-state index >= 15 is 0 Å². The molecule has 0 amide bonds. The van der Waals surface area contributed by atoms with Crippen LogP contribution in [-0.4, -0.2) is 7.11 Å². The summed E-state index contributed by atoms with van der Waals surface area (Å²) in [4.78, 5) is 0. The zero-order valence-electron chi connectivity index (χ0n) is 5.64. The lowest BCUT2D eigenvalue weighted by molar-refractivity contribution is 0.414. The minimum absolute atomic E-state index is 0.870. The number of benzene rings is 1.